The van der Waals surface area contributed by atoms with Crippen molar-refractivity contribution in [1.29, 1.82) is 0 Å². The lowest BCUT2D eigenvalue weighted by Crippen LogP contribution is -2.00. The van der Waals surface area contributed by atoms with Gasteiger partial charge in [0.15, 0.2) is 0 Å². The minimum atomic E-state index is -0.929. The van der Waals surface area contributed by atoms with Gasteiger partial charge in [0.2, 0.25) is 0 Å². The number of hydrogen-bond donors (Lipinski definition) is 2. The van der Waals surface area contributed by atoms with Gasteiger partial charge in [-0.25, -0.2) is 4.79 Å². The van der Waals surface area contributed by atoms with Gasteiger partial charge in [-0.1, -0.05) is 18.5 Å². The van der Waals surface area contributed by atoms with E-state index < -0.39 is 5.97 Å². The van der Waals surface area contributed by atoms with Crippen molar-refractivity contribution >= 4 is 28.5 Å². The molecule has 16 heavy (non-hydrogen) atoms. The summed E-state index contributed by atoms with van der Waals surface area (Å²) in [4.78, 5) is 14.0. The maximum Gasteiger partial charge on any atom is 0.352 e. The molecule has 0 aliphatic rings. The molecule has 2 N–H and O–H groups in total. The number of H-pyrrole nitrogens is 1. The van der Waals surface area contributed by atoms with E-state index in [0.29, 0.717) is 11.4 Å². The van der Waals surface area contributed by atoms with Crippen molar-refractivity contribution in [2.24, 2.45) is 0 Å². The first-order valence-corrected chi connectivity index (χ1v) is 5.46. The fourth-order valence-electron chi connectivity index (χ4n) is 1.93. The standard InChI is InChI=1S/C12H12ClNO2/c1-3-7-8-4-6(2)9(13)5-10(8)14-11(7)12(15)16/h4-5,14H,3H2,1-2H3,(H,15,16). The third kappa shape index (κ3) is 1.57. The molecule has 0 atom stereocenters. The molecule has 0 amide bonds. The summed E-state index contributed by atoms with van der Waals surface area (Å²) >= 11 is 6.00. The number of aryl methyl sites for hydroxylation is 2. The van der Waals surface area contributed by atoms with Crippen molar-refractivity contribution in [3.63, 3.8) is 0 Å². The number of carbonyl (C=O) groups is 1. The number of rotatable bonds is 2. The van der Waals surface area contributed by atoms with Crippen LogP contribution in [-0.2, 0) is 6.42 Å². The van der Waals surface area contributed by atoms with Gasteiger partial charge in [-0.3, -0.25) is 0 Å². The third-order valence-corrected chi connectivity index (χ3v) is 3.16. The number of fused-ring (bicyclic) bond motifs is 1. The Bertz CT molecular complexity index is 572. The molecule has 0 unspecified atom stereocenters. The number of aromatic amines is 1. The highest BCUT2D eigenvalue weighted by molar-refractivity contribution is 6.32. The molecule has 0 saturated carbocycles. The number of carboxylic acids is 1. The van der Waals surface area contributed by atoms with Crippen LogP contribution in [0.5, 0.6) is 0 Å². The Morgan fingerprint density at radius 1 is 1.50 bits per heavy atom. The fourth-order valence-corrected chi connectivity index (χ4v) is 2.09. The molecule has 0 fully saturated rings. The highest BCUT2D eigenvalue weighted by Gasteiger charge is 2.16. The van der Waals surface area contributed by atoms with E-state index in [-0.39, 0.29) is 5.69 Å². The van der Waals surface area contributed by atoms with Crippen LogP contribution in [0.1, 0.15) is 28.5 Å². The van der Waals surface area contributed by atoms with Gasteiger partial charge < -0.3 is 10.1 Å². The van der Waals surface area contributed by atoms with Crippen molar-refractivity contribution in [2.75, 3.05) is 0 Å². The second-order valence-corrected chi connectivity index (χ2v) is 4.19. The molecule has 84 valence electrons. The molecule has 3 nitrogen and oxygen atoms in total. The Kier molecular flexibility index (Phi) is 2.64. The molecule has 1 aromatic heterocycles. The predicted octanol–water partition coefficient (Wildman–Crippen LogP) is 3.39. The van der Waals surface area contributed by atoms with E-state index in [1.165, 1.54) is 0 Å². The first-order valence-electron chi connectivity index (χ1n) is 5.08. The lowest BCUT2D eigenvalue weighted by Gasteiger charge is -1.99. The van der Waals surface area contributed by atoms with E-state index >= 15 is 0 Å². The van der Waals surface area contributed by atoms with Crippen molar-refractivity contribution in [1.82, 2.24) is 4.98 Å². The molecule has 0 saturated heterocycles. The third-order valence-electron chi connectivity index (χ3n) is 2.75. The Morgan fingerprint density at radius 2 is 2.19 bits per heavy atom. The predicted molar refractivity (Wildman–Crippen MR) is 64.4 cm³/mol. The summed E-state index contributed by atoms with van der Waals surface area (Å²) in [5.74, 6) is -0.929. The van der Waals surface area contributed by atoms with Gasteiger partial charge in [-0.05, 0) is 36.6 Å². The van der Waals surface area contributed by atoms with Crippen molar-refractivity contribution in [3.05, 3.63) is 34.0 Å². The second-order valence-electron chi connectivity index (χ2n) is 3.78. The average Bonchev–Trinajstić information content (AvgIpc) is 2.57. The van der Waals surface area contributed by atoms with E-state index in [9.17, 15) is 4.79 Å². The van der Waals surface area contributed by atoms with Gasteiger partial charge in [0.25, 0.3) is 0 Å². The minimum absolute atomic E-state index is 0.263. The first-order chi connectivity index (χ1) is 7.54. The summed E-state index contributed by atoms with van der Waals surface area (Å²) in [6.45, 7) is 3.85. The van der Waals surface area contributed by atoms with Crippen LogP contribution >= 0.6 is 11.6 Å². The largest absolute Gasteiger partial charge is 0.477 e. The smallest absolute Gasteiger partial charge is 0.352 e. The number of carboxylic acid groups (broad SMARTS) is 1. The molecule has 0 aliphatic carbocycles. The van der Waals surface area contributed by atoms with Crippen LogP contribution in [0.2, 0.25) is 5.02 Å². The van der Waals surface area contributed by atoms with Crippen molar-refractivity contribution in [2.45, 2.75) is 20.3 Å². The zero-order chi connectivity index (χ0) is 11.9. The number of benzene rings is 1. The average molecular weight is 238 g/mol. The molecule has 0 aliphatic heterocycles. The van der Waals surface area contributed by atoms with E-state index in [2.05, 4.69) is 4.98 Å². The SMILES string of the molecule is CCc1c(C(=O)O)[nH]c2cc(Cl)c(C)cc12. The van der Waals surface area contributed by atoms with Crippen LogP contribution in [0.15, 0.2) is 12.1 Å². The Balaban J connectivity index is 2.82. The number of hydrogen-bond acceptors (Lipinski definition) is 1. The molecule has 1 heterocycles. The molecule has 2 aromatic rings. The van der Waals surface area contributed by atoms with E-state index in [0.717, 1.165) is 22.0 Å². The lowest BCUT2D eigenvalue weighted by molar-refractivity contribution is 0.0690. The summed E-state index contributed by atoms with van der Waals surface area (Å²) < 4.78 is 0. The lowest BCUT2D eigenvalue weighted by atomic mass is 10.1. The monoisotopic (exact) mass is 237 g/mol. The fraction of sp³-hybridized carbons (Fsp3) is 0.250. The summed E-state index contributed by atoms with van der Waals surface area (Å²) in [5, 5.41) is 10.7. The maximum absolute atomic E-state index is 11.1. The van der Waals surface area contributed by atoms with Gasteiger partial charge in [-0.15, -0.1) is 0 Å². The van der Waals surface area contributed by atoms with Crippen LogP contribution in [0.25, 0.3) is 10.9 Å². The second kappa shape index (κ2) is 3.83. The van der Waals surface area contributed by atoms with Crippen LogP contribution in [0.4, 0.5) is 0 Å². The van der Waals surface area contributed by atoms with Crippen LogP contribution in [0.3, 0.4) is 0 Å². The zero-order valence-electron chi connectivity index (χ0n) is 9.10. The number of halogens is 1. The van der Waals surface area contributed by atoms with Gasteiger partial charge in [0.05, 0.1) is 0 Å². The minimum Gasteiger partial charge on any atom is -0.477 e. The van der Waals surface area contributed by atoms with E-state index in [4.69, 9.17) is 16.7 Å². The highest BCUT2D eigenvalue weighted by Crippen LogP contribution is 2.28. The van der Waals surface area contributed by atoms with E-state index in [1.807, 2.05) is 19.9 Å². The summed E-state index contributed by atoms with van der Waals surface area (Å²) in [5.41, 5.74) is 2.84. The summed E-state index contributed by atoms with van der Waals surface area (Å²) in [6.07, 6.45) is 0.683. The number of aromatic nitrogens is 1. The van der Waals surface area contributed by atoms with Crippen LogP contribution in [-0.4, -0.2) is 16.1 Å². The van der Waals surface area contributed by atoms with Crippen LogP contribution in [0, 0.1) is 6.92 Å². The normalized spacial score (nSPS) is 10.9. The van der Waals surface area contributed by atoms with Gasteiger partial charge in [0, 0.05) is 15.9 Å². The number of aromatic carboxylic acids is 1. The quantitative estimate of drug-likeness (QED) is 0.841. The Labute approximate surface area is 98.0 Å². The van der Waals surface area contributed by atoms with Gasteiger partial charge in [-0.2, -0.15) is 0 Å². The van der Waals surface area contributed by atoms with Gasteiger partial charge >= 0.3 is 5.97 Å². The first kappa shape index (κ1) is 11.0. The summed E-state index contributed by atoms with van der Waals surface area (Å²) in [7, 11) is 0. The molecule has 1 aromatic carbocycles. The molecule has 0 bridgehead atoms. The highest BCUT2D eigenvalue weighted by atomic mass is 35.5. The topological polar surface area (TPSA) is 53.1 Å². The van der Waals surface area contributed by atoms with Crippen LogP contribution < -0.4 is 0 Å². The molecular weight excluding hydrogens is 226 g/mol. The molecule has 0 radical (unpaired) electrons. The summed E-state index contributed by atoms with van der Waals surface area (Å²) in [6, 6.07) is 3.71. The molecule has 4 heteroatoms. The Morgan fingerprint density at radius 3 is 2.75 bits per heavy atom. The molecule has 0 spiro atoms. The maximum atomic E-state index is 11.1. The van der Waals surface area contributed by atoms with E-state index in [1.54, 1.807) is 6.07 Å². The number of nitrogens with one attached hydrogen (secondary N) is 1. The molecular formula is C12H12ClNO2. The Hall–Kier alpha value is -1.48. The van der Waals surface area contributed by atoms with Crippen molar-refractivity contribution < 1.29 is 9.90 Å². The van der Waals surface area contributed by atoms with Crippen molar-refractivity contribution in [3.8, 4) is 0 Å². The zero-order valence-corrected chi connectivity index (χ0v) is 9.85. The molecule has 2 rings (SSSR count). The van der Waals surface area contributed by atoms with Gasteiger partial charge in [0.1, 0.15) is 5.69 Å².